The maximum atomic E-state index is 8.44. The van der Waals surface area contributed by atoms with E-state index in [0.29, 0.717) is 0 Å². The van der Waals surface area contributed by atoms with Crippen molar-refractivity contribution >= 4 is 0 Å². The third-order valence-electron chi connectivity index (χ3n) is 0.655. The summed E-state index contributed by atoms with van der Waals surface area (Å²) in [6.07, 6.45) is 2.48. The van der Waals surface area contributed by atoms with Crippen LogP contribution >= 0.6 is 0 Å². The van der Waals surface area contributed by atoms with Gasteiger partial charge in [-0.25, -0.2) is 0 Å². The summed E-state index contributed by atoms with van der Waals surface area (Å²) in [5, 5.41) is 11.3. The van der Waals surface area contributed by atoms with Crippen molar-refractivity contribution in [3.8, 4) is 0 Å². The third kappa shape index (κ3) is 5.62. The molecule has 0 aliphatic carbocycles. The van der Waals surface area contributed by atoms with Crippen molar-refractivity contribution < 1.29 is 5.11 Å². The van der Waals surface area contributed by atoms with Gasteiger partial charge in [0.1, 0.15) is 6.23 Å². The largest absolute Gasteiger partial charge is 0.375 e. The molecule has 0 spiro atoms. The van der Waals surface area contributed by atoms with E-state index in [0.717, 1.165) is 6.54 Å². The summed E-state index contributed by atoms with van der Waals surface area (Å²) in [7, 11) is 1.83. The quantitative estimate of drug-likeness (QED) is 0.329. The molecular formula is C5H12N2O. The van der Waals surface area contributed by atoms with Crippen LogP contribution in [0.3, 0.4) is 0 Å². The van der Waals surface area contributed by atoms with Gasteiger partial charge < -0.3 is 16.2 Å². The second-order valence-electron chi connectivity index (χ2n) is 1.48. The molecule has 1 atom stereocenters. The summed E-state index contributed by atoms with van der Waals surface area (Å²) in [5.74, 6) is 0. The summed E-state index contributed by atoms with van der Waals surface area (Å²) in [5.41, 5.74) is 4.97. The number of rotatable bonds is 3. The van der Waals surface area contributed by atoms with Gasteiger partial charge >= 0.3 is 0 Å². The fraction of sp³-hybridized carbons (Fsp3) is 0.600. The molecular weight excluding hydrogens is 104 g/mol. The van der Waals surface area contributed by atoms with Crippen LogP contribution in [0.2, 0.25) is 0 Å². The number of nitrogens with one attached hydrogen (secondary N) is 1. The first-order chi connectivity index (χ1) is 3.77. The number of hydrogen-bond donors (Lipinski definition) is 3. The van der Waals surface area contributed by atoms with Crippen molar-refractivity contribution in [2.24, 2.45) is 5.73 Å². The maximum Gasteiger partial charge on any atom is 0.121 e. The Balaban J connectivity index is 3.07. The first kappa shape index (κ1) is 7.62. The molecule has 0 aromatic carbocycles. The lowest BCUT2D eigenvalue weighted by atomic mass is 10.4. The SMILES string of the molecule is CNCC=CC(N)O. The molecule has 0 aliphatic rings. The highest BCUT2D eigenvalue weighted by Gasteiger charge is 1.80. The molecule has 0 aromatic heterocycles. The minimum Gasteiger partial charge on any atom is -0.375 e. The smallest absolute Gasteiger partial charge is 0.121 e. The minimum atomic E-state index is -0.816. The van der Waals surface area contributed by atoms with Crippen LogP contribution in [0.25, 0.3) is 0 Å². The van der Waals surface area contributed by atoms with Crippen LogP contribution in [0, 0.1) is 0 Å². The zero-order chi connectivity index (χ0) is 6.41. The van der Waals surface area contributed by atoms with Gasteiger partial charge in [0.15, 0.2) is 0 Å². The van der Waals surface area contributed by atoms with Crippen molar-refractivity contribution in [3.05, 3.63) is 12.2 Å². The van der Waals surface area contributed by atoms with E-state index >= 15 is 0 Å². The highest BCUT2D eigenvalue weighted by Crippen LogP contribution is 1.71. The van der Waals surface area contributed by atoms with Crippen molar-refractivity contribution in [1.82, 2.24) is 5.32 Å². The van der Waals surface area contributed by atoms with Gasteiger partial charge in [0.25, 0.3) is 0 Å². The van der Waals surface area contributed by atoms with Crippen LogP contribution < -0.4 is 11.1 Å². The molecule has 48 valence electrons. The lowest BCUT2D eigenvalue weighted by Crippen LogP contribution is -2.15. The van der Waals surface area contributed by atoms with Gasteiger partial charge in [0.05, 0.1) is 0 Å². The molecule has 0 rings (SSSR count). The average molecular weight is 116 g/mol. The second-order valence-corrected chi connectivity index (χ2v) is 1.48. The fourth-order valence-electron chi connectivity index (χ4n) is 0.325. The molecule has 4 N–H and O–H groups in total. The van der Waals surface area contributed by atoms with Gasteiger partial charge in [-0.3, -0.25) is 0 Å². The van der Waals surface area contributed by atoms with E-state index in [4.69, 9.17) is 10.8 Å². The Labute approximate surface area is 49.2 Å². The van der Waals surface area contributed by atoms with E-state index in [1.807, 2.05) is 7.05 Å². The van der Waals surface area contributed by atoms with E-state index in [-0.39, 0.29) is 0 Å². The van der Waals surface area contributed by atoms with Crippen molar-refractivity contribution in [3.63, 3.8) is 0 Å². The third-order valence-corrected chi connectivity index (χ3v) is 0.655. The fourth-order valence-corrected chi connectivity index (χ4v) is 0.325. The first-order valence-electron chi connectivity index (χ1n) is 2.52. The van der Waals surface area contributed by atoms with Gasteiger partial charge in [0, 0.05) is 6.54 Å². The highest BCUT2D eigenvalue weighted by atomic mass is 16.3. The maximum absolute atomic E-state index is 8.44. The van der Waals surface area contributed by atoms with Crippen LogP contribution in [0.4, 0.5) is 0 Å². The Morgan fingerprint density at radius 3 is 2.88 bits per heavy atom. The monoisotopic (exact) mass is 116 g/mol. The Morgan fingerprint density at radius 1 is 1.88 bits per heavy atom. The van der Waals surface area contributed by atoms with Crippen LogP contribution in [0.5, 0.6) is 0 Å². The molecule has 0 saturated heterocycles. The van der Waals surface area contributed by atoms with E-state index < -0.39 is 6.23 Å². The summed E-state index contributed by atoms with van der Waals surface area (Å²) >= 11 is 0. The van der Waals surface area contributed by atoms with E-state index in [2.05, 4.69) is 5.32 Å². The van der Waals surface area contributed by atoms with Gasteiger partial charge in [-0.15, -0.1) is 0 Å². The second kappa shape index (κ2) is 4.77. The Hall–Kier alpha value is -0.380. The molecule has 0 aliphatic heterocycles. The molecule has 0 aromatic rings. The predicted octanol–water partition coefficient (Wildman–Crippen LogP) is -0.961. The number of aliphatic hydroxyl groups excluding tert-OH is 1. The molecule has 0 radical (unpaired) electrons. The Bertz CT molecular complexity index is 70.8. The van der Waals surface area contributed by atoms with Gasteiger partial charge in [-0.05, 0) is 13.1 Å². The van der Waals surface area contributed by atoms with Crippen LogP contribution in [0.15, 0.2) is 12.2 Å². The van der Waals surface area contributed by atoms with Crippen LogP contribution in [0.1, 0.15) is 0 Å². The molecule has 0 bridgehead atoms. The van der Waals surface area contributed by atoms with E-state index in [9.17, 15) is 0 Å². The lowest BCUT2D eigenvalue weighted by molar-refractivity contribution is 0.231. The number of nitrogens with two attached hydrogens (primary N) is 1. The minimum absolute atomic E-state index is 0.744. The number of hydrogen-bond acceptors (Lipinski definition) is 3. The standard InChI is InChI=1S/C5H12N2O/c1-7-4-2-3-5(6)8/h2-3,5,7-8H,4,6H2,1H3. The normalized spacial score (nSPS) is 14.9. The highest BCUT2D eigenvalue weighted by molar-refractivity contribution is 4.86. The number of aliphatic hydroxyl groups is 1. The Morgan fingerprint density at radius 2 is 2.50 bits per heavy atom. The summed E-state index contributed by atoms with van der Waals surface area (Å²) in [4.78, 5) is 0. The molecule has 0 saturated carbocycles. The Kier molecular flexibility index (Phi) is 4.54. The van der Waals surface area contributed by atoms with Crippen molar-refractivity contribution in [1.29, 1.82) is 0 Å². The molecule has 0 fully saturated rings. The summed E-state index contributed by atoms with van der Waals surface area (Å²) in [6.45, 7) is 0.744. The molecule has 3 nitrogen and oxygen atoms in total. The summed E-state index contributed by atoms with van der Waals surface area (Å²) in [6, 6.07) is 0. The van der Waals surface area contributed by atoms with Gasteiger partial charge in [-0.1, -0.05) is 6.08 Å². The molecule has 1 unspecified atom stereocenters. The molecule has 0 amide bonds. The van der Waals surface area contributed by atoms with Crippen molar-refractivity contribution in [2.75, 3.05) is 13.6 Å². The zero-order valence-corrected chi connectivity index (χ0v) is 4.96. The van der Waals surface area contributed by atoms with Crippen molar-refractivity contribution in [2.45, 2.75) is 6.23 Å². The zero-order valence-electron chi connectivity index (χ0n) is 4.96. The van der Waals surface area contributed by atoms with Crippen LogP contribution in [-0.2, 0) is 0 Å². The molecule has 0 heterocycles. The van der Waals surface area contributed by atoms with Crippen LogP contribution in [-0.4, -0.2) is 24.9 Å². The van der Waals surface area contributed by atoms with E-state index in [1.165, 1.54) is 6.08 Å². The topological polar surface area (TPSA) is 58.3 Å². The average Bonchev–Trinajstić information content (AvgIpc) is 1.66. The van der Waals surface area contributed by atoms with Gasteiger partial charge in [-0.2, -0.15) is 0 Å². The lowest BCUT2D eigenvalue weighted by Gasteiger charge is -1.92. The van der Waals surface area contributed by atoms with E-state index in [1.54, 1.807) is 6.08 Å². The molecule has 3 heteroatoms. The molecule has 8 heavy (non-hydrogen) atoms. The van der Waals surface area contributed by atoms with Gasteiger partial charge in [0.2, 0.25) is 0 Å². The first-order valence-corrected chi connectivity index (χ1v) is 2.52. The number of likely N-dealkylation sites (N-methyl/N-ethyl adjacent to an activating group) is 1. The predicted molar refractivity (Wildman–Crippen MR) is 33.3 cm³/mol. The summed E-state index contributed by atoms with van der Waals surface area (Å²) < 4.78 is 0.